The number of pyridine rings is 1. The Morgan fingerprint density at radius 2 is 1.72 bits per heavy atom. The molecule has 1 aromatic heterocycles. The third kappa shape index (κ3) is 5.48. The smallest absolute Gasteiger partial charge is 0.340 e. The summed E-state index contributed by atoms with van der Waals surface area (Å²) in [6.07, 6.45) is -0.291. The van der Waals surface area contributed by atoms with Crippen molar-refractivity contribution in [1.29, 1.82) is 0 Å². The highest BCUT2D eigenvalue weighted by Gasteiger charge is 2.86. The van der Waals surface area contributed by atoms with Crippen molar-refractivity contribution in [2.45, 2.75) is 88.7 Å². The summed E-state index contributed by atoms with van der Waals surface area (Å²) in [5.41, 5.74) is -6.39. The number of ether oxygens (including phenoxy) is 5. The van der Waals surface area contributed by atoms with Crippen LogP contribution in [0.25, 0.3) is 6.08 Å². The van der Waals surface area contributed by atoms with Gasteiger partial charge in [0.05, 0.1) is 28.8 Å². The molecule has 12 heteroatoms. The minimum Gasteiger partial charge on any atom is -0.465 e. The van der Waals surface area contributed by atoms with Gasteiger partial charge in [0, 0.05) is 32.3 Å². The van der Waals surface area contributed by atoms with E-state index >= 15 is 0 Å². The lowest BCUT2D eigenvalue weighted by atomic mass is 9.46. The fraction of sp³-hybridized carbons (Fsp3) is 0.500. The van der Waals surface area contributed by atoms with E-state index in [4.69, 9.17) is 23.7 Å². The summed E-state index contributed by atoms with van der Waals surface area (Å²) >= 11 is 0. The Kier molecular flexibility index (Phi) is 8.84. The Morgan fingerprint density at radius 3 is 2.35 bits per heavy atom. The second-order valence-electron chi connectivity index (χ2n) is 12.9. The molecule has 0 amide bonds. The van der Waals surface area contributed by atoms with Crippen LogP contribution in [0.1, 0.15) is 63.4 Å². The maximum atomic E-state index is 13.7. The van der Waals surface area contributed by atoms with Crippen molar-refractivity contribution in [3.63, 3.8) is 0 Å². The molecule has 5 rings (SSSR count). The van der Waals surface area contributed by atoms with E-state index < -0.39 is 83.0 Å². The molecule has 2 bridgehead atoms. The summed E-state index contributed by atoms with van der Waals surface area (Å²) in [6, 6.07) is 12.0. The standard InChI is InChI=1S/C34H39NO11/c1-20(36)42-19-33-24(44-25(38)14-13-22-10-7-6-8-11-22)15-16-32(5,41)34(33)28(39)26(31(3,4)46-34)27(43-21(2)37)29(33)45-30(40)23-12-9-17-35-18-23/h6-14,17-18,24,26-29,39,41H,15-16,19H2,1-5H3/b14-13+/t24-,26+,27+,28?,29+,32-,33-,34-/m0/s1. The SMILES string of the molecule is CC(=O)OC[C@@]12[C@@H](OC(=O)/C=C/c3ccccc3)CC[C@](C)(O)[C@]13OC(C)(C)[C@@H](C3O)[C@@H](OC(C)=O)[C@H]2OC(=O)c1cccnc1. The number of carbonyl (C=O) groups is 4. The van der Waals surface area contributed by atoms with E-state index in [9.17, 15) is 29.4 Å². The topological polar surface area (TPSA) is 168 Å². The van der Waals surface area contributed by atoms with Gasteiger partial charge >= 0.3 is 23.9 Å². The van der Waals surface area contributed by atoms with Gasteiger partial charge in [-0.15, -0.1) is 0 Å². The second-order valence-corrected chi connectivity index (χ2v) is 12.9. The van der Waals surface area contributed by atoms with Gasteiger partial charge in [-0.25, -0.2) is 9.59 Å². The van der Waals surface area contributed by atoms with E-state index in [2.05, 4.69) is 4.98 Å². The van der Waals surface area contributed by atoms with Gasteiger partial charge < -0.3 is 33.9 Å². The van der Waals surface area contributed by atoms with Crippen LogP contribution < -0.4 is 0 Å². The van der Waals surface area contributed by atoms with E-state index in [0.29, 0.717) is 0 Å². The number of aromatic nitrogens is 1. The predicted octanol–water partition coefficient (Wildman–Crippen LogP) is 2.80. The van der Waals surface area contributed by atoms with Crippen LogP contribution in [0.2, 0.25) is 0 Å². The Morgan fingerprint density at radius 1 is 1.00 bits per heavy atom. The molecule has 8 atom stereocenters. The van der Waals surface area contributed by atoms with Crippen LogP contribution in [-0.4, -0.2) is 86.9 Å². The normalized spacial score (nSPS) is 34.3. The van der Waals surface area contributed by atoms with Crippen LogP contribution >= 0.6 is 0 Å². The highest BCUT2D eigenvalue weighted by molar-refractivity contribution is 5.89. The van der Waals surface area contributed by atoms with Crippen molar-refractivity contribution in [2.75, 3.05) is 6.61 Å². The molecular formula is C34H39NO11. The Balaban J connectivity index is 1.72. The quantitative estimate of drug-likeness (QED) is 0.247. The van der Waals surface area contributed by atoms with Crippen LogP contribution in [0.5, 0.6) is 0 Å². The largest absolute Gasteiger partial charge is 0.465 e. The van der Waals surface area contributed by atoms with E-state index in [-0.39, 0.29) is 18.4 Å². The number of benzene rings is 1. The highest BCUT2D eigenvalue weighted by atomic mass is 16.6. The summed E-state index contributed by atoms with van der Waals surface area (Å²) in [4.78, 5) is 56.2. The van der Waals surface area contributed by atoms with E-state index in [0.717, 1.165) is 12.5 Å². The molecule has 1 aliphatic heterocycles. The second kappa shape index (κ2) is 12.2. The molecule has 246 valence electrons. The van der Waals surface area contributed by atoms with E-state index in [1.54, 1.807) is 32.1 Å². The van der Waals surface area contributed by atoms with Crippen LogP contribution in [0.15, 0.2) is 60.9 Å². The van der Waals surface area contributed by atoms with Crippen LogP contribution in [-0.2, 0) is 38.1 Å². The van der Waals surface area contributed by atoms with Crippen LogP contribution in [0, 0.1) is 11.3 Å². The number of hydrogen-bond acceptors (Lipinski definition) is 12. The van der Waals surface area contributed by atoms with Gasteiger partial charge in [-0.3, -0.25) is 14.6 Å². The van der Waals surface area contributed by atoms with Gasteiger partial charge in [0.1, 0.15) is 29.8 Å². The maximum absolute atomic E-state index is 13.7. The first-order valence-corrected chi connectivity index (χ1v) is 15.1. The number of nitrogens with zero attached hydrogens (tertiary/aromatic N) is 1. The summed E-state index contributed by atoms with van der Waals surface area (Å²) in [7, 11) is 0. The third-order valence-corrected chi connectivity index (χ3v) is 9.52. The number of hydrogen-bond donors (Lipinski definition) is 2. The zero-order valence-corrected chi connectivity index (χ0v) is 26.4. The first kappa shape index (κ1) is 33.2. The van der Waals surface area contributed by atoms with Gasteiger partial charge in [0.25, 0.3) is 0 Å². The molecule has 12 nitrogen and oxygen atoms in total. The molecule has 1 aromatic carbocycles. The minimum atomic E-state index is -2.05. The molecule has 2 N–H and O–H groups in total. The van der Waals surface area contributed by atoms with Gasteiger partial charge in [0.15, 0.2) is 6.10 Å². The Labute approximate surface area is 266 Å². The molecule has 3 fully saturated rings. The molecule has 2 aliphatic carbocycles. The van der Waals surface area contributed by atoms with Crippen LogP contribution in [0.3, 0.4) is 0 Å². The van der Waals surface area contributed by atoms with Crippen molar-refractivity contribution in [1.82, 2.24) is 4.98 Å². The van der Waals surface area contributed by atoms with Crippen molar-refractivity contribution < 1.29 is 53.1 Å². The van der Waals surface area contributed by atoms with Gasteiger partial charge in [-0.05, 0) is 57.4 Å². The van der Waals surface area contributed by atoms with E-state index in [1.807, 2.05) is 18.2 Å². The molecule has 2 aromatic rings. The first-order valence-electron chi connectivity index (χ1n) is 15.1. The number of carbonyl (C=O) groups excluding carboxylic acids is 4. The average molecular weight is 638 g/mol. The summed E-state index contributed by atoms with van der Waals surface area (Å²) in [5, 5.41) is 24.4. The minimum absolute atomic E-state index is 0.0173. The van der Waals surface area contributed by atoms with Crippen LogP contribution in [0.4, 0.5) is 0 Å². The molecule has 3 aliphatic rings. The number of fused-ring (bicyclic) bond motifs is 1. The zero-order valence-electron chi connectivity index (χ0n) is 26.4. The summed E-state index contributed by atoms with van der Waals surface area (Å²) in [6.45, 7) is 6.47. The molecule has 2 saturated carbocycles. The lowest BCUT2D eigenvalue weighted by Gasteiger charge is -2.65. The molecular weight excluding hydrogens is 598 g/mol. The number of aliphatic hydroxyl groups is 2. The monoisotopic (exact) mass is 637 g/mol. The molecule has 1 spiro atoms. The third-order valence-electron chi connectivity index (χ3n) is 9.52. The Hall–Kier alpha value is -4.13. The fourth-order valence-electron chi connectivity index (χ4n) is 7.76. The molecule has 2 heterocycles. The molecule has 1 unspecified atom stereocenters. The molecule has 1 saturated heterocycles. The molecule has 46 heavy (non-hydrogen) atoms. The summed E-state index contributed by atoms with van der Waals surface area (Å²) in [5.74, 6) is -4.19. The number of esters is 4. The van der Waals surface area contributed by atoms with E-state index in [1.165, 1.54) is 44.4 Å². The zero-order chi connectivity index (χ0) is 33.5. The fourth-order valence-corrected chi connectivity index (χ4v) is 7.76. The highest BCUT2D eigenvalue weighted by Crippen LogP contribution is 2.68. The predicted molar refractivity (Wildman–Crippen MR) is 161 cm³/mol. The lowest BCUT2D eigenvalue weighted by Crippen LogP contribution is -2.83. The summed E-state index contributed by atoms with van der Waals surface area (Å²) < 4.78 is 30.4. The van der Waals surface area contributed by atoms with Crippen molar-refractivity contribution in [2.24, 2.45) is 11.3 Å². The Bertz CT molecular complexity index is 1510. The average Bonchev–Trinajstić information content (AvgIpc) is 3.18. The number of aliphatic hydroxyl groups excluding tert-OH is 1. The van der Waals surface area contributed by atoms with Crippen molar-refractivity contribution >= 4 is 30.0 Å². The van der Waals surface area contributed by atoms with Crippen molar-refractivity contribution in [3.05, 3.63) is 72.1 Å². The van der Waals surface area contributed by atoms with Crippen molar-refractivity contribution in [3.8, 4) is 0 Å². The molecule has 0 radical (unpaired) electrons. The lowest BCUT2D eigenvalue weighted by molar-refractivity contribution is -0.348. The van der Waals surface area contributed by atoms with Gasteiger partial charge in [-0.1, -0.05) is 30.3 Å². The number of rotatable bonds is 8. The first-order chi connectivity index (χ1) is 21.7. The van der Waals surface area contributed by atoms with Gasteiger partial charge in [0.2, 0.25) is 0 Å². The van der Waals surface area contributed by atoms with Gasteiger partial charge in [-0.2, -0.15) is 0 Å². The maximum Gasteiger partial charge on any atom is 0.340 e.